The van der Waals surface area contributed by atoms with Crippen LogP contribution in [0.3, 0.4) is 0 Å². The Morgan fingerprint density at radius 1 is 1.15 bits per heavy atom. The first-order chi connectivity index (χ1) is 9.49. The summed E-state index contributed by atoms with van der Waals surface area (Å²) in [5.41, 5.74) is 2.79. The molecule has 0 aliphatic heterocycles. The Morgan fingerprint density at radius 3 is 2.50 bits per heavy atom. The van der Waals surface area contributed by atoms with Crippen LogP contribution in [0.2, 0.25) is 0 Å². The van der Waals surface area contributed by atoms with E-state index in [0.29, 0.717) is 0 Å². The summed E-state index contributed by atoms with van der Waals surface area (Å²) in [6.45, 7) is 3.74. The molecule has 2 aromatic rings. The van der Waals surface area contributed by atoms with Crippen molar-refractivity contribution in [2.75, 3.05) is 0 Å². The van der Waals surface area contributed by atoms with Crippen LogP contribution < -0.4 is 0 Å². The minimum atomic E-state index is -0.509. The lowest BCUT2D eigenvalue weighted by atomic mass is 9.97. The molecule has 0 bridgehead atoms. The molecule has 0 aliphatic carbocycles. The Kier molecular flexibility index (Phi) is 3.94. The van der Waals surface area contributed by atoms with Crippen molar-refractivity contribution in [2.45, 2.75) is 20.3 Å². The van der Waals surface area contributed by atoms with Gasteiger partial charge in [-0.3, -0.25) is 14.9 Å². The normalized spacial score (nSPS) is 10.3. The van der Waals surface area contributed by atoms with Crippen LogP contribution in [0.25, 0.3) is 0 Å². The standard InChI is InChI=1S/C16H15NO3/c1-11-7-8-15(17(19)20)14(9-11)16(18)10-13-6-4-3-5-12(13)2/h3-9H,10H2,1-2H3. The molecular formula is C16H15NO3. The predicted octanol–water partition coefficient (Wildman–Crippen LogP) is 3.64. The van der Waals surface area contributed by atoms with Crippen molar-refractivity contribution in [3.8, 4) is 0 Å². The molecule has 0 heterocycles. The first-order valence-corrected chi connectivity index (χ1v) is 6.32. The van der Waals surface area contributed by atoms with E-state index in [0.717, 1.165) is 16.7 Å². The number of carbonyl (C=O) groups excluding carboxylic acids is 1. The third-order valence-corrected chi connectivity index (χ3v) is 3.26. The molecule has 0 spiro atoms. The third-order valence-electron chi connectivity index (χ3n) is 3.26. The van der Waals surface area contributed by atoms with Crippen molar-refractivity contribution < 1.29 is 9.72 Å². The number of hydrogen-bond donors (Lipinski definition) is 0. The van der Waals surface area contributed by atoms with Gasteiger partial charge in [0.05, 0.1) is 10.5 Å². The Labute approximate surface area is 117 Å². The number of Topliss-reactive ketones (excluding diaryl/α,β-unsaturated/α-hetero) is 1. The smallest absolute Gasteiger partial charge is 0.280 e. The zero-order chi connectivity index (χ0) is 14.7. The number of benzene rings is 2. The number of carbonyl (C=O) groups is 1. The lowest BCUT2D eigenvalue weighted by molar-refractivity contribution is -0.385. The average molecular weight is 269 g/mol. The molecule has 2 rings (SSSR count). The van der Waals surface area contributed by atoms with Crippen molar-refractivity contribution >= 4 is 11.5 Å². The number of hydrogen-bond acceptors (Lipinski definition) is 3. The highest BCUT2D eigenvalue weighted by Crippen LogP contribution is 2.22. The summed E-state index contributed by atoms with van der Waals surface area (Å²) in [6.07, 6.45) is 0.178. The summed E-state index contributed by atoms with van der Waals surface area (Å²) in [7, 11) is 0. The highest BCUT2D eigenvalue weighted by molar-refractivity contribution is 6.01. The molecule has 0 saturated carbocycles. The number of ketones is 1. The Bertz CT molecular complexity index is 677. The van der Waals surface area contributed by atoms with Crippen LogP contribution in [0.4, 0.5) is 5.69 Å². The molecule has 102 valence electrons. The molecule has 0 aromatic heterocycles. The van der Waals surface area contributed by atoms with E-state index in [-0.39, 0.29) is 23.5 Å². The largest absolute Gasteiger partial charge is 0.294 e. The van der Waals surface area contributed by atoms with Gasteiger partial charge in [0.2, 0.25) is 0 Å². The number of nitro benzene ring substituents is 1. The van der Waals surface area contributed by atoms with Gasteiger partial charge in [0.25, 0.3) is 5.69 Å². The summed E-state index contributed by atoms with van der Waals surface area (Å²) in [6, 6.07) is 12.2. The second-order valence-corrected chi connectivity index (χ2v) is 4.80. The molecule has 0 radical (unpaired) electrons. The van der Waals surface area contributed by atoms with Crippen molar-refractivity contribution in [3.05, 3.63) is 74.8 Å². The zero-order valence-electron chi connectivity index (χ0n) is 11.4. The Balaban J connectivity index is 2.37. The van der Waals surface area contributed by atoms with E-state index in [1.54, 1.807) is 12.1 Å². The number of rotatable bonds is 4. The molecule has 2 aromatic carbocycles. The fourth-order valence-corrected chi connectivity index (χ4v) is 2.11. The van der Waals surface area contributed by atoms with E-state index in [4.69, 9.17) is 0 Å². The second-order valence-electron chi connectivity index (χ2n) is 4.80. The molecule has 4 nitrogen and oxygen atoms in total. The van der Waals surface area contributed by atoms with Gasteiger partial charge in [0.15, 0.2) is 5.78 Å². The van der Waals surface area contributed by atoms with Gasteiger partial charge in [-0.25, -0.2) is 0 Å². The van der Waals surface area contributed by atoms with Crippen molar-refractivity contribution in [2.24, 2.45) is 0 Å². The Hall–Kier alpha value is -2.49. The molecule has 0 saturated heterocycles. The lowest BCUT2D eigenvalue weighted by Crippen LogP contribution is -2.08. The van der Waals surface area contributed by atoms with Crippen LogP contribution in [0.1, 0.15) is 27.0 Å². The number of nitro groups is 1. The van der Waals surface area contributed by atoms with Gasteiger partial charge in [-0.2, -0.15) is 0 Å². The van der Waals surface area contributed by atoms with Gasteiger partial charge in [-0.1, -0.05) is 30.3 Å². The summed E-state index contributed by atoms with van der Waals surface area (Å²) < 4.78 is 0. The molecule has 0 N–H and O–H groups in total. The molecule has 0 fully saturated rings. The monoisotopic (exact) mass is 269 g/mol. The fourth-order valence-electron chi connectivity index (χ4n) is 2.11. The fraction of sp³-hybridized carbons (Fsp3) is 0.188. The second kappa shape index (κ2) is 5.65. The highest BCUT2D eigenvalue weighted by atomic mass is 16.6. The molecule has 0 aliphatic rings. The van der Waals surface area contributed by atoms with Crippen molar-refractivity contribution in [1.82, 2.24) is 0 Å². The van der Waals surface area contributed by atoms with E-state index in [1.165, 1.54) is 6.07 Å². The molecule has 20 heavy (non-hydrogen) atoms. The maximum Gasteiger partial charge on any atom is 0.280 e. The Morgan fingerprint density at radius 2 is 1.85 bits per heavy atom. The summed E-state index contributed by atoms with van der Waals surface area (Å²) in [5.74, 6) is -0.227. The molecule has 0 amide bonds. The summed E-state index contributed by atoms with van der Waals surface area (Å²) in [5, 5.41) is 11.0. The maximum absolute atomic E-state index is 12.3. The summed E-state index contributed by atoms with van der Waals surface area (Å²) in [4.78, 5) is 22.8. The summed E-state index contributed by atoms with van der Waals surface area (Å²) >= 11 is 0. The predicted molar refractivity (Wildman–Crippen MR) is 77.0 cm³/mol. The molecule has 0 unspecified atom stereocenters. The topological polar surface area (TPSA) is 60.2 Å². The van der Waals surface area contributed by atoms with Crippen LogP contribution in [0.15, 0.2) is 42.5 Å². The number of aryl methyl sites for hydroxylation is 2. The van der Waals surface area contributed by atoms with Gasteiger partial charge in [-0.05, 0) is 36.6 Å². The van der Waals surface area contributed by atoms with Crippen LogP contribution in [-0.4, -0.2) is 10.7 Å². The van der Waals surface area contributed by atoms with E-state index in [1.807, 2.05) is 38.1 Å². The van der Waals surface area contributed by atoms with E-state index >= 15 is 0 Å². The van der Waals surface area contributed by atoms with Crippen LogP contribution in [0.5, 0.6) is 0 Å². The van der Waals surface area contributed by atoms with Crippen LogP contribution in [0, 0.1) is 24.0 Å². The first kappa shape index (κ1) is 13.9. The SMILES string of the molecule is Cc1ccc([N+](=O)[O-])c(C(=O)Cc2ccccc2C)c1. The van der Waals surface area contributed by atoms with Crippen LogP contribution in [-0.2, 0) is 6.42 Å². The average Bonchev–Trinajstić information content (AvgIpc) is 2.40. The molecule has 4 heteroatoms. The number of nitrogens with zero attached hydrogens (tertiary/aromatic N) is 1. The van der Waals surface area contributed by atoms with Crippen molar-refractivity contribution in [1.29, 1.82) is 0 Å². The lowest BCUT2D eigenvalue weighted by Gasteiger charge is -2.06. The van der Waals surface area contributed by atoms with Gasteiger partial charge >= 0.3 is 0 Å². The highest BCUT2D eigenvalue weighted by Gasteiger charge is 2.20. The van der Waals surface area contributed by atoms with Gasteiger partial charge in [-0.15, -0.1) is 0 Å². The van der Waals surface area contributed by atoms with E-state index in [9.17, 15) is 14.9 Å². The minimum Gasteiger partial charge on any atom is -0.294 e. The van der Waals surface area contributed by atoms with Gasteiger partial charge in [0.1, 0.15) is 0 Å². The molecule has 0 atom stereocenters. The minimum absolute atomic E-state index is 0.130. The zero-order valence-corrected chi connectivity index (χ0v) is 11.4. The van der Waals surface area contributed by atoms with E-state index < -0.39 is 4.92 Å². The molecular weight excluding hydrogens is 254 g/mol. The van der Waals surface area contributed by atoms with Crippen LogP contribution >= 0.6 is 0 Å². The maximum atomic E-state index is 12.3. The first-order valence-electron chi connectivity index (χ1n) is 6.32. The van der Waals surface area contributed by atoms with Gasteiger partial charge in [0, 0.05) is 12.5 Å². The van der Waals surface area contributed by atoms with E-state index in [2.05, 4.69) is 0 Å². The quantitative estimate of drug-likeness (QED) is 0.483. The third kappa shape index (κ3) is 2.91. The van der Waals surface area contributed by atoms with Gasteiger partial charge < -0.3 is 0 Å². The van der Waals surface area contributed by atoms with Crippen molar-refractivity contribution in [3.63, 3.8) is 0 Å².